The number of imide groups is 1. The largest absolute Gasteiger partial charge is 0.480 e. The van der Waals surface area contributed by atoms with Crippen molar-refractivity contribution >= 4 is 17.8 Å². The number of carboxylic acid groups (broad SMARTS) is 1. The molecule has 1 aromatic heterocycles. The second-order valence-corrected chi connectivity index (χ2v) is 8.11. The zero-order valence-electron chi connectivity index (χ0n) is 17.1. The first-order valence-corrected chi connectivity index (χ1v) is 10.4. The van der Waals surface area contributed by atoms with Crippen molar-refractivity contribution in [2.45, 2.75) is 18.1 Å². The summed E-state index contributed by atoms with van der Waals surface area (Å²) in [6.45, 7) is 0.102. The fourth-order valence-electron chi connectivity index (χ4n) is 4.99. The van der Waals surface area contributed by atoms with Crippen LogP contribution < -0.4 is 5.32 Å². The molecule has 0 spiro atoms. The lowest BCUT2D eigenvalue weighted by molar-refractivity contribution is -0.152. The number of aromatic nitrogens is 1. The molecule has 3 aromatic rings. The zero-order valence-corrected chi connectivity index (χ0v) is 17.1. The highest BCUT2D eigenvalue weighted by molar-refractivity contribution is 6.09. The molecule has 4 atom stereocenters. The minimum absolute atomic E-state index is 0.102. The minimum atomic E-state index is -1.74. The Bertz CT molecular complexity index is 1170. The number of carboxylic acids is 1. The number of pyridine rings is 1. The predicted molar refractivity (Wildman–Crippen MR) is 115 cm³/mol. The average molecular weight is 427 g/mol. The van der Waals surface area contributed by atoms with Crippen LogP contribution >= 0.6 is 0 Å². The summed E-state index contributed by atoms with van der Waals surface area (Å²) in [5.74, 6) is -4.03. The average Bonchev–Trinajstić information content (AvgIpc) is 3.31. The summed E-state index contributed by atoms with van der Waals surface area (Å²) in [6, 6.07) is 22.4. The Kier molecular flexibility index (Phi) is 4.83. The fourth-order valence-corrected chi connectivity index (χ4v) is 4.99. The van der Waals surface area contributed by atoms with Gasteiger partial charge in [0, 0.05) is 6.20 Å². The number of carbonyl (C=O) groups is 3. The number of nitrogens with one attached hydrogen (secondary N) is 1. The Balaban J connectivity index is 1.65. The number of nitrogens with zero attached hydrogens (tertiary/aromatic N) is 2. The highest BCUT2D eigenvalue weighted by atomic mass is 16.4. The molecule has 2 fully saturated rings. The van der Waals surface area contributed by atoms with Crippen molar-refractivity contribution in [2.24, 2.45) is 11.8 Å². The summed E-state index contributed by atoms with van der Waals surface area (Å²) < 4.78 is 0. The molecular formula is C25H21N3O4. The van der Waals surface area contributed by atoms with Crippen LogP contribution in [0.3, 0.4) is 0 Å². The van der Waals surface area contributed by atoms with Crippen LogP contribution in [0, 0.1) is 11.8 Å². The highest BCUT2D eigenvalue weighted by Crippen LogP contribution is 2.52. The third kappa shape index (κ3) is 2.93. The van der Waals surface area contributed by atoms with E-state index in [2.05, 4.69) is 10.3 Å². The van der Waals surface area contributed by atoms with Gasteiger partial charge in [0.05, 0.1) is 30.1 Å². The van der Waals surface area contributed by atoms with Gasteiger partial charge in [0.1, 0.15) is 0 Å². The van der Waals surface area contributed by atoms with Crippen LogP contribution in [0.1, 0.15) is 22.9 Å². The Hall–Kier alpha value is -3.84. The van der Waals surface area contributed by atoms with Crippen molar-refractivity contribution in [3.05, 3.63) is 102 Å². The number of carbonyl (C=O) groups excluding carboxylic acids is 2. The predicted octanol–water partition coefficient (Wildman–Crippen LogP) is 2.51. The van der Waals surface area contributed by atoms with E-state index >= 15 is 0 Å². The van der Waals surface area contributed by atoms with Crippen LogP contribution in [0.5, 0.6) is 0 Å². The van der Waals surface area contributed by atoms with E-state index in [1.807, 2.05) is 30.3 Å². The van der Waals surface area contributed by atoms with Crippen molar-refractivity contribution in [3.63, 3.8) is 0 Å². The van der Waals surface area contributed by atoms with Crippen molar-refractivity contribution in [2.75, 3.05) is 0 Å². The first-order chi connectivity index (χ1) is 15.5. The number of amides is 2. The van der Waals surface area contributed by atoms with Gasteiger partial charge in [0.15, 0.2) is 5.54 Å². The third-order valence-electron chi connectivity index (χ3n) is 6.41. The lowest BCUT2D eigenvalue weighted by Crippen LogP contribution is -2.53. The van der Waals surface area contributed by atoms with Crippen LogP contribution in [-0.4, -0.2) is 32.8 Å². The molecule has 32 heavy (non-hydrogen) atoms. The smallest absolute Gasteiger partial charge is 0.329 e. The lowest BCUT2D eigenvalue weighted by Gasteiger charge is -2.31. The molecule has 2 aliphatic heterocycles. The maximum absolute atomic E-state index is 13.7. The fraction of sp³-hybridized carbons (Fsp3) is 0.200. The van der Waals surface area contributed by atoms with E-state index in [4.69, 9.17) is 0 Å². The summed E-state index contributed by atoms with van der Waals surface area (Å²) in [6.07, 6.45) is 1.60. The van der Waals surface area contributed by atoms with E-state index in [1.54, 1.807) is 54.7 Å². The summed E-state index contributed by atoms with van der Waals surface area (Å²) in [7, 11) is 0. The van der Waals surface area contributed by atoms with E-state index in [-0.39, 0.29) is 12.5 Å². The van der Waals surface area contributed by atoms with Gasteiger partial charge in [0.25, 0.3) is 0 Å². The van der Waals surface area contributed by atoms with Gasteiger partial charge in [-0.1, -0.05) is 66.7 Å². The first-order valence-electron chi connectivity index (χ1n) is 10.4. The van der Waals surface area contributed by atoms with Gasteiger partial charge in [-0.15, -0.1) is 0 Å². The van der Waals surface area contributed by atoms with Gasteiger partial charge in [-0.3, -0.25) is 24.8 Å². The topological polar surface area (TPSA) is 99.6 Å². The minimum Gasteiger partial charge on any atom is -0.480 e. The number of hydrogen-bond donors (Lipinski definition) is 2. The monoisotopic (exact) mass is 427 g/mol. The standard InChI is InChI=1S/C25H21N3O4/c29-22-19-20(23(30)28(22)15-16-9-3-1-4-10-16)25(24(31)32,17-11-5-2-6-12-17)27-21(19)18-13-7-8-14-26-18/h1-14,19-21,27H,15H2,(H,31,32). The maximum atomic E-state index is 13.7. The molecule has 4 unspecified atom stereocenters. The second-order valence-electron chi connectivity index (χ2n) is 8.11. The molecule has 2 aromatic carbocycles. The molecule has 0 radical (unpaired) electrons. The maximum Gasteiger partial charge on any atom is 0.329 e. The molecule has 160 valence electrons. The van der Waals surface area contributed by atoms with Crippen molar-refractivity contribution in [1.82, 2.24) is 15.2 Å². The molecule has 2 amide bonds. The van der Waals surface area contributed by atoms with Crippen LogP contribution in [-0.2, 0) is 26.5 Å². The summed E-state index contributed by atoms with van der Waals surface area (Å²) in [4.78, 5) is 45.6. The van der Waals surface area contributed by atoms with Gasteiger partial charge in [-0.05, 0) is 23.3 Å². The van der Waals surface area contributed by atoms with E-state index in [0.717, 1.165) is 5.56 Å². The van der Waals surface area contributed by atoms with Crippen molar-refractivity contribution < 1.29 is 19.5 Å². The Labute approximate surface area is 184 Å². The molecule has 0 aliphatic carbocycles. The van der Waals surface area contributed by atoms with Crippen molar-refractivity contribution in [1.29, 1.82) is 0 Å². The van der Waals surface area contributed by atoms with Crippen LogP contribution in [0.25, 0.3) is 0 Å². The lowest BCUT2D eigenvalue weighted by atomic mass is 9.75. The molecule has 2 aliphatic rings. The summed E-state index contributed by atoms with van der Waals surface area (Å²) >= 11 is 0. The highest BCUT2D eigenvalue weighted by Gasteiger charge is 2.69. The molecule has 2 N–H and O–H groups in total. The number of hydrogen-bond acceptors (Lipinski definition) is 5. The molecule has 0 saturated carbocycles. The first kappa shape index (κ1) is 20.1. The van der Waals surface area contributed by atoms with Crippen LogP contribution in [0.15, 0.2) is 85.1 Å². The Morgan fingerprint density at radius 1 is 0.938 bits per heavy atom. The van der Waals surface area contributed by atoms with Gasteiger partial charge < -0.3 is 5.11 Å². The van der Waals surface area contributed by atoms with Gasteiger partial charge in [-0.2, -0.15) is 0 Å². The third-order valence-corrected chi connectivity index (χ3v) is 6.41. The van der Waals surface area contributed by atoms with Crippen LogP contribution in [0.2, 0.25) is 0 Å². The number of rotatable bonds is 5. The number of benzene rings is 2. The zero-order chi connectivity index (χ0) is 22.3. The Morgan fingerprint density at radius 2 is 1.59 bits per heavy atom. The van der Waals surface area contributed by atoms with Gasteiger partial charge >= 0.3 is 5.97 Å². The molecule has 7 nitrogen and oxygen atoms in total. The van der Waals surface area contributed by atoms with E-state index in [1.165, 1.54) is 4.90 Å². The van der Waals surface area contributed by atoms with Gasteiger partial charge in [-0.25, -0.2) is 4.79 Å². The summed E-state index contributed by atoms with van der Waals surface area (Å²) in [5, 5.41) is 13.6. The van der Waals surface area contributed by atoms with E-state index in [0.29, 0.717) is 11.3 Å². The van der Waals surface area contributed by atoms with Crippen molar-refractivity contribution in [3.8, 4) is 0 Å². The molecule has 2 saturated heterocycles. The second kappa shape index (κ2) is 7.69. The number of fused-ring (bicyclic) bond motifs is 1. The molecule has 5 rings (SSSR count). The Morgan fingerprint density at radius 3 is 2.22 bits per heavy atom. The normalized spacial score (nSPS) is 26.9. The van der Waals surface area contributed by atoms with E-state index < -0.39 is 35.3 Å². The quantitative estimate of drug-likeness (QED) is 0.607. The molecule has 0 bridgehead atoms. The SMILES string of the molecule is O=C1C2C(c3ccccn3)NC(C(=O)O)(c3ccccc3)C2C(=O)N1Cc1ccccc1. The molecular weight excluding hydrogens is 406 g/mol. The molecule has 7 heteroatoms. The summed E-state index contributed by atoms with van der Waals surface area (Å²) in [5.41, 5.74) is 0.0248. The van der Waals surface area contributed by atoms with Crippen LogP contribution in [0.4, 0.5) is 0 Å². The molecule has 3 heterocycles. The number of likely N-dealkylation sites (tertiary alicyclic amines) is 1. The van der Waals surface area contributed by atoms with E-state index in [9.17, 15) is 19.5 Å². The number of aliphatic carboxylic acids is 1. The van der Waals surface area contributed by atoms with Gasteiger partial charge in [0.2, 0.25) is 11.8 Å².